The maximum Gasteiger partial charge on any atom is 0.265 e. The molecule has 104 valence electrons. The van der Waals surface area contributed by atoms with Crippen LogP contribution in [0.2, 0.25) is 0 Å². The molecule has 0 aliphatic carbocycles. The van der Waals surface area contributed by atoms with Crippen molar-refractivity contribution in [2.75, 3.05) is 5.32 Å². The molecule has 2 aromatic rings. The molecule has 1 N–H and O–H groups in total. The van der Waals surface area contributed by atoms with E-state index in [-0.39, 0.29) is 11.7 Å². The lowest BCUT2D eigenvalue weighted by molar-refractivity contribution is -0.122. The first kappa shape index (κ1) is 14.8. The lowest BCUT2D eigenvalue weighted by Crippen LogP contribution is -2.30. The molecular weight excluding hydrogens is 372 g/mol. The van der Waals surface area contributed by atoms with Gasteiger partial charge in [-0.2, -0.15) is 0 Å². The smallest absolute Gasteiger partial charge is 0.265 e. The summed E-state index contributed by atoms with van der Waals surface area (Å²) < 4.78 is 19.4. The number of carbonyl (C=O) groups excluding carboxylic acids is 1. The molecule has 2 aromatic carbocycles. The summed E-state index contributed by atoms with van der Waals surface area (Å²) in [6.45, 7) is 1.66. The number of hydrogen-bond donors (Lipinski definition) is 1. The Labute approximate surface area is 130 Å². The van der Waals surface area contributed by atoms with Gasteiger partial charge in [-0.3, -0.25) is 4.79 Å². The van der Waals surface area contributed by atoms with Crippen molar-refractivity contribution in [2.24, 2.45) is 0 Å². The van der Waals surface area contributed by atoms with Gasteiger partial charge in [0, 0.05) is 9.26 Å². The third kappa shape index (κ3) is 4.19. The zero-order valence-corrected chi connectivity index (χ0v) is 12.9. The van der Waals surface area contributed by atoms with Gasteiger partial charge in [-0.1, -0.05) is 0 Å². The molecule has 3 nitrogen and oxygen atoms in total. The second-order valence-corrected chi connectivity index (χ2v) is 5.46. The zero-order valence-electron chi connectivity index (χ0n) is 10.8. The molecule has 0 spiro atoms. The van der Waals surface area contributed by atoms with Crippen LogP contribution in [0, 0.1) is 9.39 Å². The number of ether oxygens (including phenoxy) is 1. The highest BCUT2D eigenvalue weighted by Crippen LogP contribution is 2.16. The molecule has 0 aliphatic rings. The topological polar surface area (TPSA) is 38.3 Å². The Morgan fingerprint density at radius 1 is 1.15 bits per heavy atom. The highest BCUT2D eigenvalue weighted by molar-refractivity contribution is 14.1. The largest absolute Gasteiger partial charge is 0.481 e. The van der Waals surface area contributed by atoms with Crippen LogP contribution in [-0.2, 0) is 4.79 Å². The number of carbonyl (C=O) groups is 1. The lowest BCUT2D eigenvalue weighted by atomic mass is 10.3. The summed E-state index contributed by atoms with van der Waals surface area (Å²) in [6.07, 6.45) is -0.639. The molecule has 0 aliphatic heterocycles. The summed E-state index contributed by atoms with van der Waals surface area (Å²) in [4.78, 5) is 11.9. The molecule has 1 atom stereocenters. The standard InChI is InChI=1S/C15H13FINO2/c1-10(20-14-8-4-12(17)5-9-14)15(19)18-13-6-2-11(16)3-7-13/h2-10H,1H3,(H,18,19)/t10-/m0/s1. The van der Waals surface area contributed by atoms with E-state index in [2.05, 4.69) is 27.9 Å². The van der Waals surface area contributed by atoms with E-state index in [1.54, 1.807) is 6.92 Å². The van der Waals surface area contributed by atoms with Gasteiger partial charge in [-0.25, -0.2) is 4.39 Å². The van der Waals surface area contributed by atoms with Crippen LogP contribution >= 0.6 is 22.6 Å². The zero-order chi connectivity index (χ0) is 14.5. The Hall–Kier alpha value is -1.63. The van der Waals surface area contributed by atoms with Gasteiger partial charge in [-0.15, -0.1) is 0 Å². The summed E-state index contributed by atoms with van der Waals surface area (Å²) in [5.74, 6) is 0.00789. The Bertz CT molecular complexity index is 584. The van der Waals surface area contributed by atoms with Gasteiger partial charge < -0.3 is 10.1 Å². The molecule has 2 rings (SSSR count). The van der Waals surface area contributed by atoms with Crippen LogP contribution in [0.1, 0.15) is 6.92 Å². The minimum Gasteiger partial charge on any atom is -0.481 e. The second kappa shape index (κ2) is 6.69. The number of anilines is 1. The van der Waals surface area contributed by atoms with E-state index < -0.39 is 6.10 Å². The molecule has 5 heteroatoms. The second-order valence-electron chi connectivity index (χ2n) is 4.21. The summed E-state index contributed by atoms with van der Waals surface area (Å²) in [5, 5.41) is 2.67. The van der Waals surface area contributed by atoms with E-state index in [4.69, 9.17) is 4.74 Å². The molecule has 1 amide bonds. The van der Waals surface area contributed by atoms with Gasteiger partial charge in [-0.05, 0) is 78.0 Å². The van der Waals surface area contributed by atoms with E-state index in [0.29, 0.717) is 11.4 Å². The molecule has 0 bridgehead atoms. The number of amides is 1. The molecule has 0 radical (unpaired) electrons. The fourth-order valence-corrected chi connectivity index (χ4v) is 1.91. The van der Waals surface area contributed by atoms with Gasteiger partial charge >= 0.3 is 0 Å². The summed E-state index contributed by atoms with van der Waals surface area (Å²) in [7, 11) is 0. The molecular formula is C15H13FINO2. The van der Waals surface area contributed by atoms with Gasteiger partial charge in [0.15, 0.2) is 6.10 Å². The number of hydrogen-bond acceptors (Lipinski definition) is 2. The van der Waals surface area contributed by atoms with Crippen molar-refractivity contribution in [3.05, 3.63) is 57.9 Å². The van der Waals surface area contributed by atoms with Gasteiger partial charge in [0.25, 0.3) is 5.91 Å². The van der Waals surface area contributed by atoms with Crippen molar-refractivity contribution in [1.29, 1.82) is 0 Å². The molecule has 0 fully saturated rings. The van der Waals surface area contributed by atoms with E-state index in [9.17, 15) is 9.18 Å². The average molecular weight is 385 g/mol. The number of nitrogens with one attached hydrogen (secondary N) is 1. The first-order chi connectivity index (χ1) is 9.54. The highest BCUT2D eigenvalue weighted by Gasteiger charge is 2.14. The Balaban J connectivity index is 1.94. The summed E-state index contributed by atoms with van der Waals surface area (Å²) in [5.41, 5.74) is 0.537. The van der Waals surface area contributed by atoms with E-state index in [0.717, 1.165) is 3.57 Å². The van der Waals surface area contributed by atoms with Crippen LogP contribution in [0.5, 0.6) is 5.75 Å². The van der Waals surface area contributed by atoms with Crippen molar-refractivity contribution in [3.63, 3.8) is 0 Å². The quantitative estimate of drug-likeness (QED) is 0.813. The van der Waals surface area contributed by atoms with Crippen molar-refractivity contribution in [1.82, 2.24) is 0 Å². The fraction of sp³-hybridized carbons (Fsp3) is 0.133. The first-order valence-electron chi connectivity index (χ1n) is 6.03. The molecule has 0 saturated heterocycles. The molecule has 0 saturated carbocycles. The molecule has 20 heavy (non-hydrogen) atoms. The summed E-state index contributed by atoms with van der Waals surface area (Å²) in [6, 6.07) is 13.0. The van der Waals surface area contributed by atoms with E-state index in [1.165, 1.54) is 24.3 Å². The Morgan fingerprint density at radius 3 is 2.35 bits per heavy atom. The third-order valence-electron chi connectivity index (χ3n) is 2.61. The monoisotopic (exact) mass is 385 g/mol. The van der Waals surface area contributed by atoms with Crippen molar-refractivity contribution >= 4 is 34.2 Å². The maximum absolute atomic E-state index is 12.8. The predicted molar refractivity (Wildman–Crippen MR) is 84.3 cm³/mol. The Kier molecular flexibility index (Phi) is 4.94. The Morgan fingerprint density at radius 2 is 1.75 bits per heavy atom. The SMILES string of the molecule is C[C@H](Oc1ccc(I)cc1)C(=O)Nc1ccc(F)cc1. The van der Waals surface area contributed by atoms with Gasteiger partial charge in [0.2, 0.25) is 0 Å². The van der Waals surface area contributed by atoms with Gasteiger partial charge in [0.05, 0.1) is 0 Å². The highest BCUT2D eigenvalue weighted by atomic mass is 127. The predicted octanol–water partition coefficient (Wildman–Crippen LogP) is 3.84. The van der Waals surface area contributed by atoms with Crippen LogP contribution in [-0.4, -0.2) is 12.0 Å². The number of rotatable bonds is 4. The number of halogens is 2. The van der Waals surface area contributed by atoms with E-state index in [1.807, 2.05) is 24.3 Å². The van der Waals surface area contributed by atoms with Crippen LogP contribution in [0.15, 0.2) is 48.5 Å². The van der Waals surface area contributed by atoms with E-state index >= 15 is 0 Å². The molecule has 0 unspecified atom stereocenters. The minimum absolute atomic E-state index is 0.282. The van der Waals surface area contributed by atoms with Crippen molar-refractivity contribution < 1.29 is 13.9 Å². The lowest BCUT2D eigenvalue weighted by Gasteiger charge is -2.14. The first-order valence-corrected chi connectivity index (χ1v) is 7.11. The van der Waals surface area contributed by atoms with Crippen LogP contribution in [0.4, 0.5) is 10.1 Å². The summed E-state index contributed by atoms with van der Waals surface area (Å²) >= 11 is 2.20. The van der Waals surface area contributed by atoms with Gasteiger partial charge in [0.1, 0.15) is 11.6 Å². The molecule has 0 heterocycles. The molecule has 0 aromatic heterocycles. The normalized spacial score (nSPS) is 11.8. The minimum atomic E-state index is -0.639. The van der Waals surface area contributed by atoms with Crippen LogP contribution in [0.25, 0.3) is 0 Å². The van der Waals surface area contributed by atoms with Crippen molar-refractivity contribution in [3.8, 4) is 5.75 Å². The maximum atomic E-state index is 12.8. The number of benzene rings is 2. The average Bonchev–Trinajstić information content (AvgIpc) is 2.44. The van der Waals surface area contributed by atoms with Crippen molar-refractivity contribution in [2.45, 2.75) is 13.0 Å². The van der Waals surface area contributed by atoms with Crippen LogP contribution in [0.3, 0.4) is 0 Å². The van der Waals surface area contributed by atoms with Crippen LogP contribution < -0.4 is 10.1 Å². The fourth-order valence-electron chi connectivity index (χ4n) is 1.55. The third-order valence-corrected chi connectivity index (χ3v) is 3.33.